The van der Waals surface area contributed by atoms with E-state index < -0.39 is 33.9 Å². The molecule has 158 valence electrons. The van der Waals surface area contributed by atoms with Crippen molar-refractivity contribution >= 4 is 34.6 Å². The van der Waals surface area contributed by atoms with Gasteiger partial charge in [-0.15, -0.1) is 11.3 Å². The number of nitro benzene ring substituents is 1. The molecule has 1 heterocycles. The number of halogens is 1. The molecule has 0 saturated heterocycles. The van der Waals surface area contributed by atoms with Gasteiger partial charge in [0.25, 0.3) is 11.6 Å². The van der Waals surface area contributed by atoms with Crippen molar-refractivity contribution in [1.29, 1.82) is 0 Å². The number of carbonyl (C=O) groups is 2. The molecule has 0 aliphatic heterocycles. The SMILES string of the molecule is CC(=NNC(=O)c1ccc(C(=O)O)c([N+](=O)[O-])c1)c1csc(-c2cccc(F)c2)c1O. The highest BCUT2D eigenvalue weighted by Crippen LogP contribution is 2.38. The number of rotatable bonds is 6. The molecule has 11 heteroatoms. The van der Waals surface area contributed by atoms with Crippen molar-refractivity contribution < 1.29 is 29.1 Å². The lowest BCUT2D eigenvalue weighted by molar-refractivity contribution is -0.385. The molecule has 0 atom stereocenters. The van der Waals surface area contributed by atoms with Crippen molar-refractivity contribution in [2.24, 2.45) is 5.10 Å². The summed E-state index contributed by atoms with van der Waals surface area (Å²) in [6, 6.07) is 8.64. The van der Waals surface area contributed by atoms with Crippen LogP contribution in [0.1, 0.15) is 33.2 Å². The number of nitro groups is 1. The molecule has 0 radical (unpaired) electrons. The molecule has 0 fully saturated rings. The van der Waals surface area contributed by atoms with E-state index in [0.29, 0.717) is 16.0 Å². The normalized spacial score (nSPS) is 11.2. The second kappa shape index (κ2) is 8.71. The number of hydrazone groups is 1. The third-order valence-electron chi connectivity index (χ3n) is 4.25. The van der Waals surface area contributed by atoms with E-state index in [0.717, 1.165) is 18.2 Å². The van der Waals surface area contributed by atoms with E-state index in [1.807, 2.05) is 0 Å². The van der Waals surface area contributed by atoms with E-state index in [4.69, 9.17) is 5.11 Å². The molecule has 1 amide bonds. The third-order valence-corrected chi connectivity index (χ3v) is 5.27. The number of hydrogen-bond acceptors (Lipinski definition) is 7. The summed E-state index contributed by atoms with van der Waals surface area (Å²) < 4.78 is 13.4. The van der Waals surface area contributed by atoms with E-state index >= 15 is 0 Å². The summed E-state index contributed by atoms with van der Waals surface area (Å²) in [5.74, 6) is -2.88. The van der Waals surface area contributed by atoms with Gasteiger partial charge in [-0.3, -0.25) is 14.9 Å². The molecule has 3 aromatic rings. The van der Waals surface area contributed by atoms with E-state index in [2.05, 4.69) is 10.5 Å². The molecule has 0 aliphatic carbocycles. The van der Waals surface area contributed by atoms with Crippen molar-refractivity contribution in [1.82, 2.24) is 5.43 Å². The molecule has 0 aliphatic rings. The topological polar surface area (TPSA) is 142 Å². The number of aromatic carboxylic acids is 1. The number of nitrogens with zero attached hydrogens (tertiary/aromatic N) is 2. The van der Waals surface area contributed by atoms with Gasteiger partial charge in [-0.05, 0) is 36.8 Å². The lowest BCUT2D eigenvalue weighted by atomic mass is 10.1. The standard InChI is InChI=1S/C20H14FN3O6S/c1-10(15-9-31-18(17(15)25)11-3-2-4-13(21)7-11)22-23-19(26)12-5-6-14(20(27)28)16(8-12)24(29)30/h2-9,25H,1H3,(H,23,26)(H,27,28). The van der Waals surface area contributed by atoms with Crippen LogP contribution in [0.2, 0.25) is 0 Å². The fraction of sp³-hybridized carbons (Fsp3) is 0.0500. The second-order valence-electron chi connectivity index (χ2n) is 6.27. The largest absolute Gasteiger partial charge is 0.506 e. The fourth-order valence-corrected chi connectivity index (χ4v) is 3.71. The van der Waals surface area contributed by atoms with Crippen LogP contribution in [0.15, 0.2) is 52.9 Å². The van der Waals surface area contributed by atoms with Gasteiger partial charge in [0.05, 0.1) is 21.1 Å². The number of nitrogens with one attached hydrogen (secondary N) is 1. The molecule has 9 nitrogen and oxygen atoms in total. The van der Waals surface area contributed by atoms with Gasteiger partial charge in [0.15, 0.2) is 0 Å². The smallest absolute Gasteiger partial charge is 0.342 e. The van der Waals surface area contributed by atoms with Gasteiger partial charge in [0, 0.05) is 17.0 Å². The average Bonchev–Trinajstić information content (AvgIpc) is 3.12. The highest BCUT2D eigenvalue weighted by atomic mass is 32.1. The Balaban J connectivity index is 1.83. The molecule has 0 spiro atoms. The van der Waals surface area contributed by atoms with Crippen LogP contribution in [0.3, 0.4) is 0 Å². The Hall–Kier alpha value is -4.12. The van der Waals surface area contributed by atoms with Crippen molar-refractivity contribution in [3.05, 3.63) is 80.5 Å². The zero-order chi connectivity index (χ0) is 22.7. The van der Waals surface area contributed by atoms with Gasteiger partial charge in [-0.2, -0.15) is 5.10 Å². The molecule has 3 rings (SSSR count). The zero-order valence-corrected chi connectivity index (χ0v) is 16.6. The molecule has 1 aromatic heterocycles. The third kappa shape index (κ3) is 4.56. The first-order valence-electron chi connectivity index (χ1n) is 8.62. The van der Waals surface area contributed by atoms with Gasteiger partial charge < -0.3 is 10.2 Å². The van der Waals surface area contributed by atoms with Crippen LogP contribution in [-0.2, 0) is 0 Å². The van der Waals surface area contributed by atoms with Crippen LogP contribution < -0.4 is 5.43 Å². The van der Waals surface area contributed by atoms with Crippen molar-refractivity contribution in [2.75, 3.05) is 0 Å². The fourth-order valence-electron chi connectivity index (χ4n) is 2.71. The Bertz CT molecular complexity index is 1240. The number of thiophene rings is 1. The number of benzene rings is 2. The van der Waals surface area contributed by atoms with Crippen molar-refractivity contribution in [3.63, 3.8) is 0 Å². The molecular formula is C20H14FN3O6S. The first kappa shape index (κ1) is 21.6. The summed E-state index contributed by atoms with van der Waals surface area (Å²) in [5.41, 5.74) is 1.81. The van der Waals surface area contributed by atoms with Gasteiger partial charge in [-0.1, -0.05) is 12.1 Å². The summed E-state index contributed by atoms with van der Waals surface area (Å²) in [6.07, 6.45) is 0. The van der Waals surface area contributed by atoms with Gasteiger partial charge in [0.2, 0.25) is 0 Å². The molecule has 0 bridgehead atoms. The minimum atomic E-state index is -1.49. The first-order chi connectivity index (χ1) is 14.7. The van der Waals surface area contributed by atoms with E-state index in [9.17, 15) is 29.2 Å². The number of carboxylic acid groups (broad SMARTS) is 1. The van der Waals surface area contributed by atoms with Gasteiger partial charge in [-0.25, -0.2) is 14.6 Å². The Morgan fingerprint density at radius 1 is 1.19 bits per heavy atom. The van der Waals surface area contributed by atoms with Crippen LogP contribution >= 0.6 is 11.3 Å². The van der Waals surface area contributed by atoms with Crippen LogP contribution in [0.25, 0.3) is 10.4 Å². The minimum absolute atomic E-state index is 0.132. The molecule has 0 unspecified atom stereocenters. The summed E-state index contributed by atoms with van der Waals surface area (Å²) in [4.78, 5) is 34.0. The van der Waals surface area contributed by atoms with Crippen LogP contribution in [0.4, 0.5) is 10.1 Å². The van der Waals surface area contributed by atoms with E-state index in [1.54, 1.807) is 11.4 Å². The Morgan fingerprint density at radius 3 is 2.58 bits per heavy atom. The molecule has 0 saturated carbocycles. The lowest BCUT2D eigenvalue weighted by Crippen LogP contribution is -2.19. The van der Waals surface area contributed by atoms with Crippen molar-refractivity contribution in [3.8, 4) is 16.2 Å². The number of carbonyl (C=O) groups excluding carboxylic acids is 1. The van der Waals surface area contributed by atoms with Crippen LogP contribution in [0.5, 0.6) is 5.75 Å². The van der Waals surface area contributed by atoms with Gasteiger partial charge >= 0.3 is 5.97 Å². The summed E-state index contributed by atoms with van der Waals surface area (Å²) >= 11 is 1.17. The maximum atomic E-state index is 13.4. The van der Waals surface area contributed by atoms with Crippen LogP contribution in [0, 0.1) is 15.9 Å². The van der Waals surface area contributed by atoms with Crippen molar-refractivity contribution in [2.45, 2.75) is 6.92 Å². The number of hydrogen-bond donors (Lipinski definition) is 3. The second-order valence-corrected chi connectivity index (χ2v) is 7.15. The number of aromatic hydroxyl groups is 1. The molecule has 3 N–H and O–H groups in total. The van der Waals surface area contributed by atoms with E-state index in [-0.39, 0.29) is 17.0 Å². The maximum Gasteiger partial charge on any atom is 0.342 e. The summed E-state index contributed by atoms with van der Waals surface area (Å²) in [7, 11) is 0. The zero-order valence-electron chi connectivity index (χ0n) is 15.8. The van der Waals surface area contributed by atoms with Crippen LogP contribution in [-0.4, -0.2) is 32.7 Å². The number of amides is 1. The summed E-state index contributed by atoms with van der Waals surface area (Å²) in [6.45, 7) is 1.52. The molecule has 31 heavy (non-hydrogen) atoms. The predicted octanol–water partition coefficient (Wildman–Crippen LogP) is 4.02. The van der Waals surface area contributed by atoms with Gasteiger partial charge in [0.1, 0.15) is 17.1 Å². The monoisotopic (exact) mass is 443 g/mol. The average molecular weight is 443 g/mol. The van der Waals surface area contributed by atoms with E-state index in [1.165, 1.54) is 36.5 Å². The molecule has 2 aromatic carbocycles. The summed E-state index contributed by atoms with van der Waals surface area (Å²) in [5, 5.41) is 36.0. The highest BCUT2D eigenvalue weighted by molar-refractivity contribution is 7.14. The Kier molecular flexibility index (Phi) is 6.07. The maximum absolute atomic E-state index is 13.4. The number of carboxylic acids is 1. The lowest BCUT2D eigenvalue weighted by Gasteiger charge is -2.05. The Morgan fingerprint density at radius 2 is 1.94 bits per heavy atom. The molecular weight excluding hydrogens is 429 g/mol. The minimum Gasteiger partial charge on any atom is -0.506 e. The predicted molar refractivity (Wildman–Crippen MR) is 111 cm³/mol. The first-order valence-corrected chi connectivity index (χ1v) is 9.50. The Labute approximate surface area is 178 Å². The quantitative estimate of drug-likeness (QED) is 0.298. The highest BCUT2D eigenvalue weighted by Gasteiger charge is 2.22.